The molecule has 0 saturated heterocycles. The van der Waals surface area contributed by atoms with Crippen LogP contribution in [0.25, 0.3) is 0 Å². The lowest BCUT2D eigenvalue weighted by Gasteiger charge is -2.10. The maximum atomic E-state index is 10.6. The smallest absolute Gasteiger partial charge is 0.217 e. The minimum atomic E-state index is -0.233. The molecule has 1 aromatic rings. The Morgan fingerprint density at radius 2 is 2.00 bits per heavy atom. The van der Waals surface area contributed by atoms with Gasteiger partial charge in [0.05, 0.1) is 7.11 Å². The Labute approximate surface area is 96.6 Å². The van der Waals surface area contributed by atoms with Crippen molar-refractivity contribution in [3.63, 3.8) is 0 Å². The molecule has 2 N–H and O–H groups in total. The fraction of sp³-hybridized carbons (Fsp3) is 0.462. The lowest BCUT2D eigenvalue weighted by Crippen LogP contribution is -2.10. The van der Waals surface area contributed by atoms with Gasteiger partial charge >= 0.3 is 0 Å². The summed E-state index contributed by atoms with van der Waals surface area (Å²) >= 11 is 0. The van der Waals surface area contributed by atoms with Gasteiger partial charge in [-0.1, -0.05) is 6.07 Å². The molecule has 88 valence electrons. The zero-order chi connectivity index (χ0) is 12.1. The van der Waals surface area contributed by atoms with E-state index in [1.54, 1.807) is 7.11 Å². The fourth-order valence-corrected chi connectivity index (χ4v) is 1.79. The summed E-state index contributed by atoms with van der Waals surface area (Å²) in [5, 5.41) is 0. The van der Waals surface area contributed by atoms with Gasteiger partial charge in [0.15, 0.2) is 0 Å². The van der Waals surface area contributed by atoms with Crippen LogP contribution in [0, 0.1) is 13.8 Å². The predicted octanol–water partition coefficient (Wildman–Crippen LogP) is 2.12. The molecule has 0 radical (unpaired) electrons. The first-order valence-electron chi connectivity index (χ1n) is 5.47. The molecule has 1 amide bonds. The van der Waals surface area contributed by atoms with Gasteiger partial charge in [-0.05, 0) is 49.4 Å². The maximum absolute atomic E-state index is 10.6. The number of carbonyl (C=O) groups is 1. The first-order valence-corrected chi connectivity index (χ1v) is 5.47. The van der Waals surface area contributed by atoms with Crippen LogP contribution in [0.5, 0.6) is 5.75 Å². The first-order chi connectivity index (χ1) is 7.54. The molecule has 0 saturated carbocycles. The molecule has 0 aliphatic heterocycles. The number of amides is 1. The Kier molecular flexibility index (Phi) is 4.35. The Morgan fingerprint density at radius 3 is 2.56 bits per heavy atom. The Hall–Kier alpha value is -1.51. The first kappa shape index (κ1) is 12.6. The van der Waals surface area contributed by atoms with Crippen LogP contribution in [0.4, 0.5) is 0 Å². The lowest BCUT2D eigenvalue weighted by atomic mass is 9.99. The van der Waals surface area contributed by atoms with Crippen LogP contribution < -0.4 is 10.5 Å². The topological polar surface area (TPSA) is 52.3 Å². The van der Waals surface area contributed by atoms with Crippen LogP contribution in [-0.4, -0.2) is 13.0 Å². The van der Waals surface area contributed by atoms with Gasteiger partial charge in [-0.2, -0.15) is 0 Å². The zero-order valence-corrected chi connectivity index (χ0v) is 10.2. The summed E-state index contributed by atoms with van der Waals surface area (Å²) in [4.78, 5) is 10.6. The maximum Gasteiger partial charge on any atom is 0.217 e. The van der Waals surface area contributed by atoms with E-state index in [0.717, 1.165) is 24.2 Å². The molecule has 0 spiro atoms. The number of hydrogen-bond acceptors (Lipinski definition) is 2. The van der Waals surface area contributed by atoms with E-state index in [-0.39, 0.29) is 5.91 Å². The van der Waals surface area contributed by atoms with Crippen LogP contribution in [0.1, 0.15) is 29.5 Å². The normalized spacial score (nSPS) is 10.2. The number of hydrogen-bond donors (Lipinski definition) is 1. The van der Waals surface area contributed by atoms with Crippen LogP contribution in [0.3, 0.4) is 0 Å². The van der Waals surface area contributed by atoms with Gasteiger partial charge in [0.25, 0.3) is 0 Å². The van der Waals surface area contributed by atoms with E-state index in [1.165, 1.54) is 11.1 Å². The molecule has 0 aliphatic carbocycles. The number of rotatable bonds is 5. The molecule has 0 aliphatic rings. The molecule has 0 fully saturated rings. The van der Waals surface area contributed by atoms with Crippen molar-refractivity contribution in [3.05, 3.63) is 28.8 Å². The van der Waals surface area contributed by atoms with Gasteiger partial charge in [0.2, 0.25) is 5.91 Å². The molecular weight excluding hydrogens is 202 g/mol. The molecule has 16 heavy (non-hydrogen) atoms. The van der Waals surface area contributed by atoms with Crippen LogP contribution >= 0.6 is 0 Å². The molecule has 1 aromatic carbocycles. The number of benzene rings is 1. The largest absolute Gasteiger partial charge is 0.496 e. The molecule has 0 bridgehead atoms. The highest BCUT2D eigenvalue weighted by atomic mass is 16.5. The molecule has 0 heterocycles. The van der Waals surface area contributed by atoms with Crippen molar-refractivity contribution in [3.8, 4) is 5.75 Å². The van der Waals surface area contributed by atoms with Gasteiger partial charge in [0, 0.05) is 6.42 Å². The second-order valence-corrected chi connectivity index (χ2v) is 4.07. The van der Waals surface area contributed by atoms with Gasteiger partial charge in [-0.15, -0.1) is 0 Å². The van der Waals surface area contributed by atoms with Crippen LogP contribution in [0.15, 0.2) is 12.1 Å². The van der Waals surface area contributed by atoms with E-state index >= 15 is 0 Å². The number of aryl methyl sites for hydroxylation is 3. The molecule has 1 rings (SSSR count). The van der Waals surface area contributed by atoms with Crippen molar-refractivity contribution in [1.29, 1.82) is 0 Å². The monoisotopic (exact) mass is 221 g/mol. The number of carbonyl (C=O) groups excluding carboxylic acids is 1. The Bertz CT molecular complexity index is 386. The standard InChI is InChI=1S/C13H19NO2/c1-9-8-12(16-3)10(2)7-11(9)5-4-6-13(14)15/h7-8H,4-6H2,1-3H3,(H2,14,15). The van der Waals surface area contributed by atoms with Crippen LogP contribution in [-0.2, 0) is 11.2 Å². The number of ether oxygens (including phenoxy) is 1. The van der Waals surface area contributed by atoms with Gasteiger partial charge in [-0.3, -0.25) is 4.79 Å². The molecule has 0 aromatic heterocycles. The molecule has 3 heteroatoms. The molecule has 0 unspecified atom stereocenters. The third-order valence-electron chi connectivity index (χ3n) is 2.72. The third kappa shape index (κ3) is 3.26. The highest BCUT2D eigenvalue weighted by Gasteiger charge is 2.05. The van der Waals surface area contributed by atoms with Gasteiger partial charge in [-0.25, -0.2) is 0 Å². The number of nitrogens with two attached hydrogens (primary N) is 1. The van der Waals surface area contributed by atoms with E-state index in [1.807, 2.05) is 13.0 Å². The van der Waals surface area contributed by atoms with Crippen molar-refractivity contribution in [1.82, 2.24) is 0 Å². The molecule has 0 atom stereocenters. The second kappa shape index (κ2) is 5.54. The van der Waals surface area contributed by atoms with E-state index in [2.05, 4.69) is 13.0 Å². The predicted molar refractivity (Wildman–Crippen MR) is 64.6 cm³/mol. The summed E-state index contributed by atoms with van der Waals surface area (Å²) in [5.74, 6) is 0.680. The highest BCUT2D eigenvalue weighted by molar-refractivity contribution is 5.73. The van der Waals surface area contributed by atoms with Crippen molar-refractivity contribution >= 4 is 5.91 Å². The average molecular weight is 221 g/mol. The van der Waals surface area contributed by atoms with Crippen LogP contribution in [0.2, 0.25) is 0 Å². The quantitative estimate of drug-likeness (QED) is 0.828. The zero-order valence-electron chi connectivity index (χ0n) is 10.2. The molecular formula is C13H19NO2. The Balaban J connectivity index is 2.73. The highest BCUT2D eigenvalue weighted by Crippen LogP contribution is 2.23. The van der Waals surface area contributed by atoms with Crippen molar-refractivity contribution in [2.24, 2.45) is 5.73 Å². The summed E-state index contributed by atoms with van der Waals surface area (Å²) in [6.45, 7) is 4.08. The van der Waals surface area contributed by atoms with E-state index in [4.69, 9.17) is 10.5 Å². The van der Waals surface area contributed by atoms with E-state index < -0.39 is 0 Å². The summed E-state index contributed by atoms with van der Waals surface area (Å²) in [5.41, 5.74) is 8.70. The van der Waals surface area contributed by atoms with Crippen molar-refractivity contribution in [2.45, 2.75) is 33.1 Å². The van der Waals surface area contributed by atoms with Crippen molar-refractivity contribution < 1.29 is 9.53 Å². The SMILES string of the molecule is COc1cc(C)c(CCCC(N)=O)cc1C. The summed E-state index contributed by atoms with van der Waals surface area (Å²) < 4.78 is 5.25. The minimum Gasteiger partial charge on any atom is -0.496 e. The molecule has 3 nitrogen and oxygen atoms in total. The third-order valence-corrected chi connectivity index (χ3v) is 2.72. The lowest BCUT2D eigenvalue weighted by molar-refractivity contribution is -0.118. The number of primary amides is 1. The minimum absolute atomic E-state index is 0.233. The van der Waals surface area contributed by atoms with E-state index in [9.17, 15) is 4.79 Å². The van der Waals surface area contributed by atoms with Crippen molar-refractivity contribution in [2.75, 3.05) is 7.11 Å². The summed E-state index contributed by atoms with van der Waals surface area (Å²) in [6, 6.07) is 4.16. The Morgan fingerprint density at radius 1 is 1.31 bits per heavy atom. The van der Waals surface area contributed by atoms with Gasteiger partial charge in [0.1, 0.15) is 5.75 Å². The summed E-state index contributed by atoms with van der Waals surface area (Å²) in [7, 11) is 1.68. The van der Waals surface area contributed by atoms with E-state index in [0.29, 0.717) is 6.42 Å². The fourth-order valence-electron chi connectivity index (χ4n) is 1.79. The summed E-state index contributed by atoms with van der Waals surface area (Å²) in [6.07, 6.45) is 2.14. The average Bonchev–Trinajstić information content (AvgIpc) is 2.22. The van der Waals surface area contributed by atoms with Gasteiger partial charge < -0.3 is 10.5 Å². The number of methoxy groups -OCH3 is 1. The second-order valence-electron chi connectivity index (χ2n) is 4.07.